The fourth-order valence-corrected chi connectivity index (χ4v) is 3.04. The van der Waals surface area contributed by atoms with Gasteiger partial charge in [-0.15, -0.1) is 10.2 Å². The zero-order chi connectivity index (χ0) is 19.2. The molecule has 0 saturated heterocycles. The maximum Gasteiger partial charge on any atom is 0.259 e. The zero-order valence-electron chi connectivity index (χ0n) is 14.5. The number of amides is 1. The lowest BCUT2D eigenvalue weighted by Gasteiger charge is -2.06. The van der Waals surface area contributed by atoms with Gasteiger partial charge in [0.05, 0.1) is 5.56 Å². The van der Waals surface area contributed by atoms with Crippen LogP contribution in [0.25, 0.3) is 10.6 Å². The molecule has 0 spiro atoms. The number of anilines is 1. The van der Waals surface area contributed by atoms with Crippen molar-refractivity contribution in [1.82, 2.24) is 25.1 Å². The van der Waals surface area contributed by atoms with Crippen molar-refractivity contribution in [2.45, 2.75) is 6.61 Å². The first-order valence-electron chi connectivity index (χ1n) is 8.31. The molecule has 0 fully saturated rings. The SMILES string of the molecule is O=C(Nc1nnc(-c2ccncc2)s1)c1ccc(OCc2cccnc2)nc1. The largest absolute Gasteiger partial charge is 0.473 e. The Labute approximate surface area is 164 Å². The first-order chi connectivity index (χ1) is 13.8. The van der Waals surface area contributed by atoms with Crippen LogP contribution in [0.4, 0.5) is 5.13 Å². The van der Waals surface area contributed by atoms with Crippen molar-refractivity contribution < 1.29 is 9.53 Å². The highest BCUT2D eigenvalue weighted by molar-refractivity contribution is 7.18. The van der Waals surface area contributed by atoms with Crippen molar-refractivity contribution in [3.05, 3.63) is 78.5 Å². The lowest BCUT2D eigenvalue weighted by molar-refractivity contribution is 0.102. The molecule has 0 bridgehead atoms. The highest BCUT2D eigenvalue weighted by Gasteiger charge is 2.12. The molecule has 0 radical (unpaired) electrons. The van der Waals surface area contributed by atoms with Gasteiger partial charge in [-0.3, -0.25) is 20.1 Å². The third-order valence-electron chi connectivity index (χ3n) is 3.68. The summed E-state index contributed by atoms with van der Waals surface area (Å²) in [7, 11) is 0. The van der Waals surface area contributed by atoms with E-state index < -0.39 is 0 Å². The quantitative estimate of drug-likeness (QED) is 0.539. The highest BCUT2D eigenvalue weighted by atomic mass is 32.1. The van der Waals surface area contributed by atoms with E-state index in [4.69, 9.17) is 4.74 Å². The minimum Gasteiger partial charge on any atom is -0.473 e. The molecule has 1 amide bonds. The van der Waals surface area contributed by atoms with Gasteiger partial charge in [0.1, 0.15) is 11.6 Å². The number of hydrogen-bond acceptors (Lipinski definition) is 8. The lowest BCUT2D eigenvalue weighted by atomic mass is 10.2. The summed E-state index contributed by atoms with van der Waals surface area (Å²) in [6, 6.07) is 10.7. The van der Waals surface area contributed by atoms with Gasteiger partial charge in [0.15, 0.2) is 0 Å². The number of rotatable bonds is 6. The summed E-state index contributed by atoms with van der Waals surface area (Å²) in [6.45, 7) is 0.356. The molecule has 9 heteroatoms. The summed E-state index contributed by atoms with van der Waals surface area (Å²) in [6.07, 6.45) is 8.24. The topological polar surface area (TPSA) is 103 Å². The van der Waals surface area contributed by atoms with Gasteiger partial charge in [-0.25, -0.2) is 4.98 Å². The van der Waals surface area contributed by atoms with Crippen molar-refractivity contribution in [1.29, 1.82) is 0 Å². The Kier molecular flexibility index (Phi) is 5.25. The molecule has 4 rings (SSSR count). The molecular weight excluding hydrogens is 376 g/mol. The van der Waals surface area contributed by atoms with E-state index in [9.17, 15) is 4.79 Å². The maximum atomic E-state index is 12.4. The molecule has 4 aromatic heterocycles. The molecule has 0 aliphatic rings. The number of carbonyl (C=O) groups is 1. The third kappa shape index (κ3) is 4.33. The Balaban J connectivity index is 1.37. The Hall–Kier alpha value is -3.72. The molecule has 4 aromatic rings. The number of carbonyl (C=O) groups excluding carboxylic acids is 1. The van der Waals surface area contributed by atoms with Crippen LogP contribution < -0.4 is 10.1 Å². The van der Waals surface area contributed by atoms with Crippen LogP contribution in [-0.4, -0.2) is 31.1 Å². The number of pyridine rings is 3. The molecule has 0 unspecified atom stereocenters. The molecular formula is C19H14N6O2S. The molecule has 138 valence electrons. The van der Waals surface area contributed by atoms with Crippen LogP contribution >= 0.6 is 11.3 Å². The number of aromatic nitrogens is 5. The maximum absolute atomic E-state index is 12.4. The molecule has 0 aliphatic heterocycles. The third-order valence-corrected chi connectivity index (χ3v) is 4.57. The molecule has 0 aromatic carbocycles. The molecule has 0 atom stereocenters. The van der Waals surface area contributed by atoms with Crippen molar-refractivity contribution in [2.75, 3.05) is 5.32 Å². The van der Waals surface area contributed by atoms with Crippen LogP contribution in [0.3, 0.4) is 0 Å². The Morgan fingerprint density at radius 3 is 2.64 bits per heavy atom. The van der Waals surface area contributed by atoms with Crippen molar-refractivity contribution in [3.8, 4) is 16.5 Å². The van der Waals surface area contributed by atoms with Gasteiger partial charge < -0.3 is 4.74 Å². The van der Waals surface area contributed by atoms with Crippen molar-refractivity contribution >= 4 is 22.4 Å². The summed E-state index contributed by atoms with van der Waals surface area (Å²) in [5.74, 6) is 0.111. The second kappa shape index (κ2) is 8.31. The monoisotopic (exact) mass is 390 g/mol. The molecule has 28 heavy (non-hydrogen) atoms. The van der Waals surface area contributed by atoms with E-state index in [0.717, 1.165) is 11.1 Å². The Bertz CT molecular complexity index is 1050. The number of nitrogens with one attached hydrogen (secondary N) is 1. The Morgan fingerprint density at radius 1 is 1.00 bits per heavy atom. The van der Waals surface area contributed by atoms with E-state index >= 15 is 0 Å². The van der Waals surface area contributed by atoms with E-state index in [-0.39, 0.29) is 5.91 Å². The van der Waals surface area contributed by atoms with Gasteiger partial charge in [0, 0.05) is 48.2 Å². The minimum absolute atomic E-state index is 0.316. The number of nitrogens with zero attached hydrogens (tertiary/aromatic N) is 5. The van der Waals surface area contributed by atoms with Crippen LogP contribution in [0.2, 0.25) is 0 Å². The van der Waals surface area contributed by atoms with Crippen LogP contribution in [0.1, 0.15) is 15.9 Å². The van der Waals surface area contributed by atoms with Crippen LogP contribution in [0.15, 0.2) is 67.4 Å². The van der Waals surface area contributed by atoms with E-state index in [1.807, 2.05) is 24.3 Å². The molecule has 0 saturated carbocycles. The van der Waals surface area contributed by atoms with E-state index in [2.05, 4.69) is 30.5 Å². The van der Waals surface area contributed by atoms with Gasteiger partial charge in [-0.2, -0.15) is 0 Å². The first-order valence-corrected chi connectivity index (χ1v) is 9.12. The Morgan fingerprint density at radius 2 is 1.89 bits per heavy atom. The highest BCUT2D eigenvalue weighted by Crippen LogP contribution is 2.25. The number of hydrogen-bond donors (Lipinski definition) is 1. The summed E-state index contributed by atoms with van der Waals surface area (Å²) < 4.78 is 5.59. The molecule has 1 N–H and O–H groups in total. The average molecular weight is 390 g/mol. The summed E-state index contributed by atoms with van der Waals surface area (Å²) in [5.41, 5.74) is 2.23. The molecule has 8 nitrogen and oxygen atoms in total. The standard InChI is InChI=1S/C19H14N6O2S/c26-17(23-19-25-24-18(28-19)14-5-8-20-9-6-14)15-3-4-16(22-11-15)27-12-13-2-1-7-21-10-13/h1-11H,12H2,(H,23,25,26). The van der Waals surface area contributed by atoms with Gasteiger partial charge in [0.25, 0.3) is 5.91 Å². The predicted octanol–water partition coefficient (Wildman–Crippen LogP) is 3.22. The van der Waals surface area contributed by atoms with Crippen LogP contribution in [0, 0.1) is 0 Å². The fraction of sp³-hybridized carbons (Fsp3) is 0.0526. The van der Waals surface area contributed by atoms with E-state index in [0.29, 0.717) is 28.2 Å². The number of ether oxygens (including phenoxy) is 1. The van der Waals surface area contributed by atoms with Crippen molar-refractivity contribution in [3.63, 3.8) is 0 Å². The average Bonchev–Trinajstić information content (AvgIpc) is 3.22. The van der Waals surface area contributed by atoms with Crippen LogP contribution in [-0.2, 0) is 6.61 Å². The van der Waals surface area contributed by atoms with Gasteiger partial charge in [-0.05, 0) is 24.3 Å². The second-order valence-corrected chi connectivity index (χ2v) is 6.61. The van der Waals surface area contributed by atoms with E-state index in [1.165, 1.54) is 17.5 Å². The van der Waals surface area contributed by atoms with E-state index in [1.54, 1.807) is 36.9 Å². The molecule has 0 aliphatic carbocycles. The van der Waals surface area contributed by atoms with Gasteiger partial charge in [0.2, 0.25) is 11.0 Å². The van der Waals surface area contributed by atoms with Gasteiger partial charge in [-0.1, -0.05) is 17.4 Å². The molecule has 4 heterocycles. The summed E-state index contributed by atoms with van der Waals surface area (Å²) in [4.78, 5) is 24.5. The van der Waals surface area contributed by atoms with Crippen molar-refractivity contribution in [2.24, 2.45) is 0 Å². The minimum atomic E-state index is -0.316. The predicted molar refractivity (Wildman–Crippen MR) is 104 cm³/mol. The smallest absolute Gasteiger partial charge is 0.259 e. The fourth-order valence-electron chi connectivity index (χ4n) is 2.29. The van der Waals surface area contributed by atoms with Crippen LogP contribution in [0.5, 0.6) is 5.88 Å². The summed E-state index contributed by atoms with van der Waals surface area (Å²) >= 11 is 1.28. The second-order valence-electron chi connectivity index (χ2n) is 5.64. The van der Waals surface area contributed by atoms with Gasteiger partial charge >= 0.3 is 0 Å². The lowest BCUT2D eigenvalue weighted by Crippen LogP contribution is -2.12. The summed E-state index contributed by atoms with van der Waals surface area (Å²) in [5, 5.41) is 11.9. The zero-order valence-corrected chi connectivity index (χ0v) is 15.3. The normalized spacial score (nSPS) is 10.4. The first kappa shape index (κ1) is 17.7.